The van der Waals surface area contributed by atoms with Crippen LogP contribution in [0, 0.1) is 23.2 Å². The van der Waals surface area contributed by atoms with Crippen molar-refractivity contribution in [2.75, 3.05) is 6.26 Å². The molecule has 0 spiro atoms. The van der Waals surface area contributed by atoms with Crippen LogP contribution in [0.1, 0.15) is 65.7 Å². The molecule has 0 saturated heterocycles. The van der Waals surface area contributed by atoms with Crippen molar-refractivity contribution in [3.8, 4) is 0 Å². The highest BCUT2D eigenvalue weighted by atomic mass is 35.5. The van der Waals surface area contributed by atoms with Crippen molar-refractivity contribution in [2.45, 2.75) is 76.3 Å². The van der Waals surface area contributed by atoms with Gasteiger partial charge in [-0.15, -0.1) is 11.6 Å². The average Bonchev–Trinajstić information content (AvgIpc) is 2.37. The van der Waals surface area contributed by atoms with Crippen molar-refractivity contribution in [3.05, 3.63) is 0 Å². The number of sulfone groups is 1. The van der Waals surface area contributed by atoms with Crippen LogP contribution in [0.4, 0.5) is 0 Å². The molecule has 2 rings (SSSR count). The van der Waals surface area contributed by atoms with Gasteiger partial charge in [0.2, 0.25) is 0 Å². The number of rotatable bonds is 3. The average molecular weight is 335 g/mol. The molecule has 0 aromatic rings. The largest absolute Gasteiger partial charge is 0.229 e. The zero-order valence-corrected chi connectivity index (χ0v) is 15.5. The molecule has 124 valence electrons. The van der Waals surface area contributed by atoms with Gasteiger partial charge in [0.25, 0.3) is 0 Å². The molecule has 2 nitrogen and oxygen atoms in total. The van der Waals surface area contributed by atoms with Crippen LogP contribution >= 0.6 is 11.6 Å². The summed E-state index contributed by atoms with van der Waals surface area (Å²) in [7, 11) is -2.91. The van der Waals surface area contributed by atoms with Crippen molar-refractivity contribution in [3.63, 3.8) is 0 Å². The second kappa shape index (κ2) is 6.39. The molecule has 0 N–H and O–H groups in total. The van der Waals surface area contributed by atoms with E-state index in [1.54, 1.807) is 0 Å². The Balaban J connectivity index is 2.11. The fourth-order valence-electron chi connectivity index (χ4n) is 4.66. The molecule has 0 amide bonds. The van der Waals surface area contributed by atoms with Gasteiger partial charge in [-0.25, -0.2) is 8.42 Å². The van der Waals surface area contributed by atoms with Gasteiger partial charge < -0.3 is 0 Å². The molecule has 2 aliphatic carbocycles. The first-order valence-corrected chi connectivity index (χ1v) is 10.8. The van der Waals surface area contributed by atoms with E-state index in [0.29, 0.717) is 11.8 Å². The predicted molar refractivity (Wildman–Crippen MR) is 90.5 cm³/mol. The molecule has 0 aromatic carbocycles. The SMILES string of the molecule is CC1CCC(C(C)(C)C2CCCC(S(C)(=O)=O)C2)C(Cl)C1. The van der Waals surface area contributed by atoms with Gasteiger partial charge in [0, 0.05) is 11.6 Å². The molecular weight excluding hydrogens is 304 g/mol. The Hall–Kier alpha value is 0.240. The Morgan fingerprint density at radius 2 is 1.71 bits per heavy atom. The number of hydrogen-bond donors (Lipinski definition) is 0. The Bertz CT molecular complexity index is 457. The molecule has 0 bridgehead atoms. The molecular formula is C17H31ClO2S. The van der Waals surface area contributed by atoms with Crippen molar-refractivity contribution in [1.82, 2.24) is 0 Å². The van der Waals surface area contributed by atoms with E-state index >= 15 is 0 Å². The molecule has 5 unspecified atom stereocenters. The summed E-state index contributed by atoms with van der Waals surface area (Å²) in [6, 6.07) is 0. The van der Waals surface area contributed by atoms with Gasteiger partial charge in [-0.05, 0) is 55.3 Å². The Morgan fingerprint density at radius 3 is 2.29 bits per heavy atom. The van der Waals surface area contributed by atoms with Gasteiger partial charge in [-0.1, -0.05) is 33.6 Å². The third-order valence-corrected chi connectivity index (χ3v) is 8.40. The minimum atomic E-state index is -2.91. The van der Waals surface area contributed by atoms with E-state index in [0.717, 1.165) is 38.0 Å². The fourth-order valence-corrected chi connectivity index (χ4v) is 6.59. The highest BCUT2D eigenvalue weighted by Gasteiger charge is 2.45. The van der Waals surface area contributed by atoms with E-state index in [9.17, 15) is 8.42 Å². The monoisotopic (exact) mass is 334 g/mol. The van der Waals surface area contributed by atoms with Gasteiger partial charge >= 0.3 is 0 Å². The van der Waals surface area contributed by atoms with Crippen LogP contribution in [0.15, 0.2) is 0 Å². The summed E-state index contributed by atoms with van der Waals surface area (Å²) in [4.78, 5) is 0. The van der Waals surface area contributed by atoms with Crippen LogP contribution in [-0.4, -0.2) is 25.3 Å². The normalized spacial score (nSPS) is 39.2. The number of alkyl halides is 1. The van der Waals surface area contributed by atoms with E-state index in [1.165, 1.54) is 19.1 Å². The van der Waals surface area contributed by atoms with Crippen LogP contribution in [0.5, 0.6) is 0 Å². The van der Waals surface area contributed by atoms with Crippen molar-refractivity contribution in [1.29, 1.82) is 0 Å². The lowest BCUT2D eigenvalue weighted by molar-refractivity contribution is 0.0537. The maximum atomic E-state index is 11.9. The lowest BCUT2D eigenvalue weighted by Gasteiger charge is -2.48. The highest BCUT2D eigenvalue weighted by molar-refractivity contribution is 7.91. The maximum absolute atomic E-state index is 11.9. The zero-order valence-electron chi connectivity index (χ0n) is 13.9. The van der Waals surface area contributed by atoms with Gasteiger partial charge in [-0.2, -0.15) is 0 Å². The number of halogens is 1. The zero-order chi connectivity index (χ0) is 15.8. The Labute approximate surface area is 135 Å². The van der Waals surface area contributed by atoms with Gasteiger partial charge in [-0.3, -0.25) is 0 Å². The highest BCUT2D eigenvalue weighted by Crippen LogP contribution is 2.51. The summed E-state index contributed by atoms with van der Waals surface area (Å²) in [5.41, 5.74) is 0.149. The Morgan fingerprint density at radius 1 is 1.05 bits per heavy atom. The third kappa shape index (κ3) is 3.96. The predicted octanol–water partition coefficient (Wildman–Crippen LogP) is 4.66. The van der Waals surface area contributed by atoms with Gasteiger partial charge in [0.15, 0.2) is 0 Å². The summed E-state index contributed by atoms with van der Waals surface area (Å²) in [6.07, 6.45) is 8.86. The van der Waals surface area contributed by atoms with Crippen LogP contribution in [0.25, 0.3) is 0 Å². The van der Waals surface area contributed by atoms with Gasteiger partial charge in [0.05, 0.1) is 5.25 Å². The lowest BCUT2D eigenvalue weighted by atomic mass is 9.60. The van der Waals surface area contributed by atoms with E-state index in [1.807, 2.05) is 0 Å². The van der Waals surface area contributed by atoms with E-state index in [4.69, 9.17) is 11.6 Å². The first-order chi connectivity index (χ1) is 9.62. The molecule has 2 saturated carbocycles. The third-order valence-electron chi connectivity index (χ3n) is 6.27. The first kappa shape index (κ1) is 17.6. The quantitative estimate of drug-likeness (QED) is 0.703. The molecule has 5 atom stereocenters. The van der Waals surface area contributed by atoms with Crippen molar-refractivity contribution in [2.24, 2.45) is 23.2 Å². The summed E-state index contributed by atoms with van der Waals surface area (Å²) in [5, 5.41) is 0.120. The second-order valence-corrected chi connectivity index (χ2v) is 11.1. The molecule has 0 aliphatic heterocycles. The summed E-state index contributed by atoms with van der Waals surface area (Å²) in [5.74, 6) is 1.75. The number of hydrogen-bond acceptors (Lipinski definition) is 2. The smallest absolute Gasteiger partial charge is 0.150 e. The summed E-state index contributed by atoms with van der Waals surface area (Å²) in [6.45, 7) is 6.95. The molecule has 2 aliphatic rings. The van der Waals surface area contributed by atoms with Crippen LogP contribution in [-0.2, 0) is 9.84 Å². The van der Waals surface area contributed by atoms with Gasteiger partial charge in [0.1, 0.15) is 9.84 Å². The molecule has 0 radical (unpaired) electrons. The van der Waals surface area contributed by atoms with Crippen LogP contribution in [0.2, 0.25) is 0 Å². The van der Waals surface area contributed by atoms with E-state index < -0.39 is 9.84 Å². The second-order valence-electron chi connectivity index (χ2n) is 8.18. The van der Waals surface area contributed by atoms with Crippen LogP contribution in [0.3, 0.4) is 0 Å². The molecule has 0 aromatic heterocycles. The van der Waals surface area contributed by atoms with Crippen molar-refractivity contribution >= 4 is 21.4 Å². The molecule has 21 heavy (non-hydrogen) atoms. The Kier molecular flexibility index (Phi) is 5.35. The lowest BCUT2D eigenvalue weighted by Crippen LogP contribution is -2.43. The maximum Gasteiger partial charge on any atom is 0.150 e. The van der Waals surface area contributed by atoms with E-state index in [-0.39, 0.29) is 16.0 Å². The first-order valence-electron chi connectivity index (χ1n) is 8.45. The topological polar surface area (TPSA) is 34.1 Å². The summed E-state index contributed by atoms with van der Waals surface area (Å²) < 4.78 is 23.8. The fraction of sp³-hybridized carbons (Fsp3) is 1.00. The van der Waals surface area contributed by atoms with Crippen LogP contribution < -0.4 is 0 Å². The standard InChI is InChI=1S/C17H31ClO2S/c1-12-8-9-15(16(18)10-12)17(2,3)13-6-5-7-14(11-13)21(4,19)20/h12-16H,5-11H2,1-4H3. The molecule has 4 heteroatoms. The summed E-state index contributed by atoms with van der Waals surface area (Å²) >= 11 is 6.69. The minimum Gasteiger partial charge on any atom is -0.229 e. The van der Waals surface area contributed by atoms with Crippen molar-refractivity contribution < 1.29 is 8.42 Å². The minimum absolute atomic E-state index is 0.133. The van der Waals surface area contributed by atoms with E-state index in [2.05, 4.69) is 20.8 Å². The molecule has 0 heterocycles. The molecule has 2 fully saturated rings.